The molecule has 3 N–H and O–H groups in total. The number of ether oxygens (including phenoxy) is 1. The quantitative estimate of drug-likeness (QED) is 0.610. The molecule has 1 saturated heterocycles. The molecule has 27 heavy (non-hydrogen) atoms. The maximum Gasteiger partial charge on any atom is 0.308 e. The number of Topliss-reactive ketones (excluding diaryl/α,β-unsaturated/α-hetero) is 1. The summed E-state index contributed by atoms with van der Waals surface area (Å²) >= 11 is 0. The SMILES string of the molecule is COC(=O)C1CCN(c2ncnc(Nc3cccc(C(C)=O)c3)c2N)CC1. The van der Waals surface area contributed by atoms with Gasteiger partial charge in [-0.2, -0.15) is 0 Å². The van der Waals surface area contributed by atoms with Gasteiger partial charge in [0.05, 0.1) is 13.0 Å². The molecule has 0 unspecified atom stereocenters. The van der Waals surface area contributed by atoms with E-state index in [1.165, 1.54) is 20.4 Å². The summed E-state index contributed by atoms with van der Waals surface area (Å²) in [5.41, 5.74) is 8.06. The number of ketones is 1. The van der Waals surface area contributed by atoms with Crippen LogP contribution in [0.15, 0.2) is 30.6 Å². The van der Waals surface area contributed by atoms with Crippen LogP contribution in [0.2, 0.25) is 0 Å². The molecule has 0 spiro atoms. The first-order chi connectivity index (χ1) is 13.0. The van der Waals surface area contributed by atoms with Gasteiger partial charge in [0, 0.05) is 24.3 Å². The molecule has 1 aromatic carbocycles. The van der Waals surface area contributed by atoms with Crippen LogP contribution in [0.5, 0.6) is 0 Å². The van der Waals surface area contributed by atoms with Crippen molar-refractivity contribution < 1.29 is 14.3 Å². The molecule has 0 atom stereocenters. The minimum atomic E-state index is -0.169. The lowest BCUT2D eigenvalue weighted by Crippen LogP contribution is -2.37. The Morgan fingerprint density at radius 3 is 2.67 bits per heavy atom. The summed E-state index contributed by atoms with van der Waals surface area (Å²) in [5, 5.41) is 3.15. The van der Waals surface area contributed by atoms with Crippen molar-refractivity contribution in [3.8, 4) is 0 Å². The van der Waals surface area contributed by atoms with Gasteiger partial charge in [0.25, 0.3) is 0 Å². The number of carbonyl (C=O) groups is 2. The lowest BCUT2D eigenvalue weighted by molar-refractivity contribution is -0.146. The summed E-state index contributed by atoms with van der Waals surface area (Å²) in [6.07, 6.45) is 2.84. The monoisotopic (exact) mass is 369 g/mol. The van der Waals surface area contributed by atoms with E-state index in [0.717, 1.165) is 5.69 Å². The van der Waals surface area contributed by atoms with Crippen LogP contribution in [0.25, 0.3) is 0 Å². The van der Waals surface area contributed by atoms with Crippen molar-refractivity contribution in [2.45, 2.75) is 19.8 Å². The Balaban J connectivity index is 1.76. The van der Waals surface area contributed by atoms with Crippen molar-refractivity contribution >= 4 is 34.8 Å². The van der Waals surface area contributed by atoms with Gasteiger partial charge in [-0.25, -0.2) is 9.97 Å². The predicted octanol–water partition coefficient (Wildman–Crippen LogP) is 2.39. The Labute approximate surface area is 157 Å². The Hall–Kier alpha value is -3.16. The maximum atomic E-state index is 11.7. The van der Waals surface area contributed by atoms with Gasteiger partial charge < -0.3 is 20.7 Å². The number of rotatable bonds is 5. The molecule has 8 nitrogen and oxygen atoms in total. The molecule has 2 aromatic rings. The van der Waals surface area contributed by atoms with E-state index in [1.54, 1.807) is 18.2 Å². The van der Waals surface area contributed by atoms with Crippen LogP contribution in [0.1, 0.15) is 30.1 Å². The van der Waals surface area contributed by atoms with Crippen molar-refractivity contribution in [1.29, 1.82) is 0 Å². The van der Waals surface area contributed by atoms with Crippen LogP contribution in [0.4, 0.5) is 23.0 Å². The van der Waals surface area contributed by atoms with Crippen LogP contribution >= 0.6 is 0 Å². The second-order valence-electron chi connectivity index (χ2n) is 6.51. The Bertz CT molecular complexity index is 847. The second kappa shape index (κ2) is 8.03. The molecule has 1 aliphatic rings. The average Bonchev–Trinajstić information content (AvgIpc) is 2.69. The molecule has 0 aliphatic carbocycles. The van der Waals surface area contributed by atoms with Gasteiger partial charge in [0.15, 0.2) is 17.4 Å². The highest BCUT2D eigenvalue weighted by atomic mass is 16.5. The molecule has 0 saturated carbocycles. The number of methoxy groups -OCH3 is 1. The van der Waals surface area contributed by atoms with Crippen molar-refractivity contribution in [2.24, 2.45) is 5.92 Å². The minimum Gasteiger partial charge on any atom is -0.469 e. The number of nitrogen functional groups attached to an aromatic ring is 1. The number of esters is 1. The van der Waals surface area contributed by atoms with Gasteiger partial charge in [0.2, 0.25) is 0 Å². The van der Waals surface area contributed by atoms with E-state index in [9.17, 15) is 9.59 Å². The molecular weight excluding hydrogens is 346 g/mol. The van der Waals surface area contributed by atoms with E-state index < -0.39 is 0 Å². The standard InChI is InChI=1S/C19H23N5O3/c1-12(25)14-4-3-5-15(10-14)23-17-16(20)18(22-11-21-17)24-8-6-13(7-9-24)19(26)27-2/h3-5,10-11,13H,6-9,20H2,1-2H3,(H,21,22,23). The Morgan fingerprint density at radius 1 is 1.26 bits per heavy atom. The Kier molecular flexibility index (Phi) is 5.54. The third-order valence-electron chi connectivity index (χ3n) is 4.72. The van der Waals surface area contributed by atoms with Gasteiger partial charge in [-0.15, -0.1) is 0 Å². The first-order valence-electron chi connectivity index (χ1n) is 8.81. The van der Waals surface area contributed by atoms with Crippen molar-refractivity contribution in [3.05, 3.63) is 36.2 Å². The molecule has 0 bridgehead atoms. The van der Waals surface area contributed by atoms with Crippen LogP contribution < -0.4 is 16.0 Å². The molecule has 1 fully saturated rings. The van der Waals surface area contributed by atoms with Gasteiger partial charge in [0.1, 0.15) is 12.0 Å². The summed E-state index contributed by atoms with van der Waals surface area (Å²) in [6, 6.07) is 7.16. The summed E-state index contributed by atoms with van der Waals surface area (Å²) in [4.78, 5) is 33.8. The number of carbonyl (C=O) groups excluding carboxylic acids is 2. The molecule has 0 radical (unpaired) electrons. The van der Waals surface area contributed by atoms with Crippen molar-refractivity contribution in [1.82, 2.24) is 9.97 Å². The minimum absolute atomic E-state index is 0.0107. The normalized spacial score (nSPS) is 14.7. The number of hydrogen-bond acceptors (Lipinski definition) is 8. The number of benzene rings is 1. The molecular formula is C19H23N5O3. The first-order valence-corrected chi connectivity index (χ1v) is 8.81. The van der Waals surface area contributed by atoms with Crippen LogP contribution in [0, 0.1) is 5.92 Å². The predicted molar refractivity (Wildman–Crippen MR) is 103 cm³/mol. The largest absolute Gasteiger partial charge is 0.469 e. The van der Waals surface area contributed by atoms with Crippen molar-refractivity contribution in [3.63, 3.8) is 0 Å². The number of anilines is 4. The van der Waals surface area contributed by atoms with Crippen molar-refractivity contribution in [2.75, 3.05) is 36.1 Å². The third kappa shape index (κ3) is 4.16. The topological polar surface area (TPSA) is 110 Å². The van der Waals surface area contributed by atoms with E-state index >= 15 is 0 Å². The maximum absolute atomic E-state index is 11.7. The summed E-state index contributed by atoms with van der Waals surface area (Å²) in [5.74, 6) is 0.858. The highest BCUT2D eigenvalue weighted by Gasteiger charge is 2.27. The number of aromatic nitrogens is 2. The fraction of sp³-hybridized carbons (Fsp3) is 0.368. The summed E-state index contributed by atoms with van der Waals surface area (Å²) in [7, 11) is 1.41. The molecule has 3 rings (SSSR count). The number of piperidine rings is 1. The Morgan fingerprint density at radius 2 is 2.00 bits per heavy atom. The fourth-order valence-electron chi connectivity index (χ4n) is 3.18. The van der Waals surface area contributed by atoms with Gasteiger partial charge in [-0.05, 0) is 31.9 Å². The first kappa shape index (κ1) is 18.6. The molecule has 1 aromatic heterocycles. The lowest BCUT2D eigenvalue weighted by atomic mass is 9.97. The zero-order valence-corrected chi connectivity index (χ0v) is 15.4. The van der Waals surface area contributed by atoms with Gasteiger partial charge in [-0.3, -0.25) is 9.59 Å². The second-order valence-corrected chi connectivity index (χ2v) is 6.51. The highest BCUT2D eigenvalue weighted by Crippen LogP contribution is 2.31. The van der Waals surface area contributed by atoms with Crippen LogP contribution in [0.3, 0.4) is 0 Å². The van der Waals surface area contributed by atoms with Crippen LogP contribution in [-0.2, 0) is 9.53 Å². The van der Waals surface area contributed by atoms with Gasteiger partial charge in [-0.1, -0.05) is 12.1 Å². The zero-order valence-electron chi connectivity index (χ0n) is 15.4. The molecule has 8 heteroatoms. The molecule has 1 aliphatic heterocycles. The third-order valence-corrected chi connectivity index (χ3v) is 4.72. The number of nitrogens with two attached hydrogens (primary N) is 1. The summed E-state index contributed by atoms with van der Waals surface area (Å²) in [6.45, 7) is 2.86. The summed E-state index contributed by atoms with van der Waals surface area (Å²) < 4.78 is 4.82. The molecule has 2 heterocycles. The van der Waals surface area contributed by atoms with E-state index in [0.29, 0.717) is 48.8 Å². The number of nitrogens with zero attached hydrogens (tertiary/aromatic N) is 3. The van der Waals surface area contributed by atoms with Crippen LogP contribution in [-0.4, -0.2) is 41.9 Å². The highest BCUT2D eigenvalue weighted by molar-refractivity contribution is 5.95. The molecule has 0 amide bonds. The van der Waals surface area contributed by atoms with E-state index in [2.05, 4.69) is 15.3 Å². The smallest absolute Gasteiger partial charge is 0.308 e. The zero-order chi connectivity index (χ0) is 19.4. The molecule has 142 valence electrons. The van der Waals surface area contributed by atoms with E-state index in [1.807, 2.05) is 11.0 Å². The van der Waals surface area contributed by atoms with E-state index in [-0.39, 0.29) is 17.7 Å². The number of nitrogens with one attached hydrogen (secondary N) is 1. The lowest BCUT2D eigenvalue weighted by Gasteiger charge is -2.32. The van der Waals surface area contributed by atoms with E-state index in [4.69, 9.17) is 10.5 Å². The number of hydrogen-bond donors (Lipinski definition) is 2. The average molecular weight is 369 g/mol. The van der Waals surface area contributed by atoms with Gasteiger partial charge >= 0.3 is 5.97 Å². The fourth-order valence-corrected chi connectivity index (χ4v) is 3.18.